The molecule has 150 valence electrons. The first kappa shape index (κ1) is 20.9. The highest BCUT2D eigenvalue weighted by atomic mass is 16.6. The number of amides is 2. The fourth-order valence-electron chi connectivity index (χ4n) is 2.65. The average Bonchev–Trinajstić information content (AvgIpc) is 2.52. The minimum atomic E-state index is -0.530. The van der Waals surface area contributed by atoms with Crippen molar-refractivity contribution in [3.05, 3.63) is 24.3 Å². The maximum atomic E-state index is 12.1. The second-order valence-corrected chi connectivity index (χ2v) is 8.63. The summed E-state index contributed by atoms with van der Waals surface area (Å²) in [7, 11) is 0. The van der Waals surface area contributed by atoms with E-state index < -0.39 is 17.3 Å². The highest BCUT2D eigenvalue weighted by molar-refractivity contribution is 5.85. The standard InChI is InChI=1S/C20H31N3O4/c1-19(2,3)26-17(24)21-15-7-9-16(10-8-15)22-11-13-23(14-12-22)18(25)27-20(4,5)6/h7-10H,11-14H2,1-6H3,(H,21,24). The Morgan fingerprint density at radius 2 is 1.37 bits per heavy atom. The molecule has 0 spiro atoms. The molecule has 1 aliphatic rings. The number of benzene rings is 1. The van der Waals surface area contributed by atoms with Crippen LogP contribution < -0.4 is 10.2 Å². The summed E-state index contributed by atoms with van der Waals surface area (Å²) in [5.41, 5.74) is 0.720. The summed E-state index contributed by atoms with van der Waals surface area (Å²) >= 11 is 0. The molecule has 0 aliphatic carbocycles. The third-order valence-corrected chi connectivity index (χ3v) is 3.81. The minimum absolute atomic E-state index is 0.265. The molecule has 1 aromatic rings. The maximum Gasteiger partial charge on any atom is 0.412 e. The van der Waals surface area contributed by atoms with Gasteiger partial charge >= 0.3 is 12.2 Å². The van der Waals surface area contributed by atoms with E-state index in [1.807, 2.05) is 65.8 Å². The molecule has 1 fully saturated rings. The third-order valence-electron chi connectivity index (χ3n) is 3.81. The monoisotopic (exact) mass is 377 g/mol. The van der Waals surface area contributed by atoms with Gasteiger partial charge in [0.1, 0.15) is 11.2 Å². The summed E-state index contributed by atoms with van der Waals surface area (Å²) in [6, 6.07) is 7.60. The van der Waals surface area contributed by atoms with Crippen LogP contribution in [0.25, 0.3) is 0 Å². The van der Waals surface area contributed by atoms with Crippen LogP contribution in [0.5, 0.6) is 0 Å². The van der Waals surface area contributed by atoms with E-state index in [4.69, 9.17) is 9.47 Å². The molecule has 0 saturated carbocycles. The van der Waals surface area contributed by atoms with E-state index in [2.05, 4.69) is 10.2 Å². The number of nitrogens with one attached hydrogen (secondary N) is 1. The van der Waals surface area contributed by atoms with Crippen LogP contribution in [-0.2, 0) is 9.47 Å². The number of anilines is 2. The van der Waals surface area contributed by atoms with Gasteiger partial charge in [-0.2, -0.15) is 0 Å². The van der Waals surface area contributed by atoms with Gasteiger partial charge in [0.05, 0.1) is 0 Å². The predicted octanol–water partition coefficient (Wildman–Crippen LogP) is 4.09. The molecule has 1 aromatic carbocycles. The number of piperazine rings is 1. The lowest BCUT2D eigenvalue weighted by Crippen LogP contribution is -2.50. The number of ether oxygens (including phenoxy) is 2. The van der Waals surface area contributed by atoms with Crippen molar-refractivity contribution >= 4 is 23.6 Å². The Morgan fingerprint density at radius 1 is 0.852 bits per heavy atom. The van der Waals surface area contributed by atoms with Crippen molar-refractivity contribution in [3.8, 4) is 0 Å². The fraction of sp³-hybridized carbons (Fsp3) is 0.600. The smallest absolute Gasteiger partial charge is 0.412 e. The molecule has 2 amide bonds. The van der Waals surface area contributed by atoms with Gasteiger partial charge in [-0.1, -0.05) is 0 Å². The molecule has 0 unspecified atom stereocenters. The van der Waals surface area contributed by atoms with Crippen LogP contribution in [0, 0.1) is 0 Å². The molecule has 0 aromatic heterocycles. The second-order valence-electron chi connectivity index (χ2n) is 8.63. The predicted molar refractivity (Wildman–Crippen MR) is 106 cm³/mol. The lowest BCUT2D eigenvalue weighted by molar-refractivity contribution is 0.0240. The molecule has 0 radical (unpaired) electrons. The van der Waals surface area contributed by atoms with Crippen LogP contribution in [0.4, 0.5) is 21.0 Å². The maximum absolute atomic E-state index is 12.1. The molecule has 2 rings (SSSR count). The highest BCUT2D eigenvalue weighted by Crippen LogP contribution is 2.21. The molecule has 1 N–H and O–H groups in total. The highest BCUT2D eigenvalue weighted by Gasteiger charge is 2.26. The zero-order chi connectivity index (χ0) is 20.2. The Balaban J connectivity index is 1.86. The largest absolute Gasteiger partial charge is 0.444 e. The Bertz CT molecular complexity index is 651. The molecule has 1 saturated heterocycles. The molecular formula is C20H31N3O4. The zero-order valence-corrected chi connectivity index (χ0v) is 17.2. The van der Waals surface area contributed by atoms with Crippen molar-refractivity contribution in [2.75, 3.05) is 36.4 Å². The van der Waals surface area contributed by atoms with Crippen LogP contribution in [0.3, 0.4) is 0 Å². The van der Waals surface area contributed by atoms with Crippen molar-refractivity contribution in [1.82, 2.24) is 4.90 Å². The summed E-state index contributed by atoms with van der Waals surface area (Å²) in [6.45, 7) is 13.8. The summed E-state index contributed by atoms with van der Waals surface area (Å²) in [6.07, 6.45) is -0.736. The van der Waals surface area contributed by atoms with Crippen molar-refractivity contribution in [3.63, 3.8) is 0 Å². The number of carbonyl (C=O) groups is 2. The molecule has 1 heterocycles. The van der Waals surface area contributed by atoms with E-state index in [9.17, 15) is 9.59 Å². The number of nitrogens with zero attached hydrogens (tertiary/aromatic N) is 2. The number of hydrogen-bond donors (Lipinski definition) is 1. The van der Waals surface area contributed by atoms with E-state index in [1.165, 1.54) is 0 Å². The quantitative estimate of drug-likeness (QED) is 0.840. The molecule has 7 nitrogen and oxygen atoms in total. The lowest BCUT2D eigenvalue weighted by atomic mass is 10.2. The van der Waals surface area contributed by atoms with Gasteiger partial charge in [0.25, 0.3) is 0 Å². The van der Waals surface area contributed by atoms with Crippen molar-refractivity contribution in [2.45, 2.75) is 52.7 Å². The first-order valence-electron chi connectivity index (χ1n) is 9.26. The lowest BCUT2D eigenvalue weighted by Gasteiger charge is -2.36. The van der Waals surface area contributed by atoms with E-state index in [1.54, 1.807) is 4.90 Å². The van der Waals surface area contributed by atoms with Gasteiger partial charge in [-0.25, -0.2) is 9.59 Å². The Morgan fingerprint density at radius 3 is 1.85 bits per heavy atom. The SMILES string of the molecule is CC(C)(C)OC(=O)Nc1ccc(N2CCN(C(=O)OC(C)(C)C)CC2)cc1. The van der Waals surface area contributed by atoms with Crippen LogP contribution in [-0.4, -0.2) is 54.5 Å². The fourth-order valence-corrected chi connectivity index (χ4v) is 2.65. The minimum Gasteiger partial charge on any atom is -0.444 e. The average molecular weight is 377 g/mol. The Hall–Kier alpha value is -2.44. The van der Waals surface area contributed by atoms with Crippen LogP contribution >= 0.6 is 0 Å². The van der Waals surface area contributed by atoms with E-state index in [-0.39, 0.29) is 6.09 Å². The molecule has 0 bridgehead atoms. The van der Waals surface area contributed by atoms with Gasteiger partial charge in [-0.15, -0.1) is 0 Å². The molecule has 1 aliphatic heterocycles. The first-order chi connectivity index (χ1) is 12.4. The molecule has 27 heavy (non-hydrogen) atoms. The van der Waals surface area contributed by atoms with E-state index >= 15 is 0 Å². The summed E-state index contributed by atoms with van der Waals surface area (Å²) in [4.78, 5) is 27.9. The summed E-state index contributed by atoms with van der Waals surface area (Å²) in [5.74, 6) is 0. The second kappa shape index (κ2) is 8.06. The van der Waals surface area contributed by atoms with Gasteiger partial charge in [-0.3, -0.25) is 5.32 Å². The summed E-state index contributed by atoms with van der Waals surface area (Å²) < 4.78 is 10.7. The molecular weight excluding hydrogens is 346 g/mol. The van der Waals surface area contributed by atoms with E-state index in [0.717, 1.165) is 18.8 Å². The van der Waals surface area contributed by atoms with Gasteiger partial charge in [0, 0.05) is 37.6 Å². The molecule has 0 atom stereocenters. The van der Waals surface area contributed by atoms with E-state index in [0.29, 0.717) is 18.8 Å². The number of rotatable bonds is 2. The van der Waals surface area contributed by atoms with Gasteiger partial charge < -0.3 is 19.3 Å². The topological polar surface area (TPSA) is 71.1 Å². The normalized spacial score (nSPS) is 15.3. The van der Waals surface area contributed by atoms with Gasteiger partial charge in [0.2, 0.25) is 0 Å². The van der Waals surface area contributed by atoms with Gasteiger partial charge in [0.15, 0.2) is 0 Å². The number of hydrogen-bond acceptors (Lipinski definition) is 5. The van der Waals surface area contributed by atoms with Crippen LogP contribution in [0.1, 0.15) is 41.5 Å². The first-order valence-corrected chi connectivity index (χ1v) is 9.26. The molecule has 7 heteroatoms. The van der Waals surface area contributed by atoms with Gasteiger partial charge in [-0.05, 0) is 65.8 Å². The van der Waals surface area contributed by atoms with Crippen molar-refractivity contribution in [1.29, 1.82) is 0 Å². The van der Waals surface area contributed by atoms with Crippen molar-refractivity contribution < 1.29 is 19.1 Å². The van der Waals surface area contributed by atoms with Crippen molar-refractivity contribution in [2.24, 2.45) is 0 Å². The third kappa shape index (κ3) is 7.00. The zero-order valence-electron chi connectivity index (χ0n) is 17.2. The number of carbonyl (C=O) groups excluding carboxylic acids is 2. The van der Waals surface area contributed by atoms with Crippen LogP contribution in [0.2, 0.25) is 0 Å². The Labute approximate surface area is 161 Å². The van der Waals surface area contributed by atoms with Crippen LogP contribution in [0.15, 0.2) is 24.3 Å². The summed E-state index contributed by atoms with van der Waals surface area (Å²) in [5, 5.41) is 2.72. The Kier molecular flexibility index (Phi) is 6.23.